The summed E-state index contributed by atoms with van der Waals surface area (Å²) in [5, 5.41) is 14.0. The second kappa shape index (κ2) is 7.92. The number of carbonyl (C=O) groups excluding carboxylic acids is 2. The van der Waals surface area contributed by atoms with E-state index >= 15 is 0 Å². The number of imide groups is 1. The molecule has 3 rings (SSSR count). The number of nitrogens with zero attached hydrogens (tertiary/aromatic N) is 4. The van der Waals surface area contributed by atoms with E-state index in [0.29, 0.717) is 37.8 Å². The van der Waals surface area contributed by atoms with Gasteiger partial charge in [-0.05, 0) is 19.1 Å². The van der Waals surface area contributed by atoms with Gasteiger partial charge in [0.05, 0.1) is 12.3 Å². The van der Waals surface area contributed by atoms with Crippen LogP contribution in [0.1, 0.15) is 12.6 Å². The lowest BCUT2D eigenvalue weighted by Gasteiger charge is -2.37. The third kappa shape index (κ3) is 3.93. The number of amides is 3. The van der Waals surface area contributed by atoms with Crippen molar-refractivity contribution in [3.8, 4) is 17.7 Å². The van der Waals surface area contributed by atoms with E-state index < -0.39 is 12.1 Å². The highest BCUT2D eigenvalue weighted by atomic mass is 16.4. The number of piperazine rings is 1. The van der Waals surface area contributed by atoms with E-state index in [1.54, 1.807) is 19.1 Å². The number of oxazole rings is 1. The van der Waals surface area contributed by atoms with Gasteiger partial charge in [-0.15, -0.1) is 0 Å². The molecule has 10 heteroatoms. The Morgan fingerprint density at radius 2 is 2.07 bits per heavy atom. The molecule has 1 aliphatic rings. The maximum atomic E-state index is 12.1. The molecule has 10 nitrogen and oxygen atoms in total. The molecule has 1 fully saturated rings. The van der Waals surface area contributed by atoms with Gasteiger partial charge in [-0.25, -0.2) is 4.79 Å². The van der Waals surface area contributed by atoms with Gasteiger partial charge >= 0.3 is 6.03 Å². The Hall–Kier alpha value is -3.32. The first-order valence-electron chi connectivity index (χ1n) is 8.50. The summed E-state index contributed by atoms with van der Waals surface area (Å²) in [5.74, 6) is 0.745. The molecular formula is C17H20N6O4. The number of hydrogen-bond acceptors (Lipinski definition) is 8. The molecule has 3 amide bonds. The molecule has 1 saturated heterocycles. The summed E-state index contributed by atoms with van der Waals surface area (Å²) in [6.07, 6.45) is 1.51. The number of carbonyl (C=O) groups is 2. The Morgan fingerprint density at radius 3 is 2.67 bits per heavy atom. The first kappa shape index (κ1) is 18.5. The van der Waals surface area contributed by atoms with Gasteiger partial charge in [0.2, 0.25) is 17.5 Å². The number of rotatable bonds is 4. The molecule has 1 atom stereocenters. The van der Waals surface area contributed by atoms with Gasteiger partial charge in [0.25, 0.3) is 5.89 Å². The molecular weight excluding hydrogens is 352 g/mol. The molecule has 0 aromatic carbocycles. The highest BCUT2D eigenvalue weighted by Gasteiger charge is 2.29. The highest BCUT2D eigenvalue weighted by molar-refractivity contribution is 5.96. The van der Waals surface area contributed by atoms with Crippen LogP contribution in [0.5, 0.6) is 0 Å². The lowest BCUT2D eigenvalue weighted by atomic mass is 10.2. The molecule has 0 radical (unpaired) electrons. The van der Waals surface area contributed by atoms with Crippen molar-refractivity contribution in [2.75, 3.05) is 38.1 Å². The quantitative estimate of drug-likeness (QED) is 0.806. The molecule has 2 N–H and O–H groups in total. The Bertz CT molecular complexity index is 845. The van der Waals surface area contributed by atoms with E-state index in [9.17, 15) is 14.9 Å². The van der Waals surface area contributed by atoms with E-state index in [4.69, 9.17) is 8.83 Å². The lowest BCUT2D eigenvalue weighted by Crippen LogP contribution is -2.55. The first-order chi connectivity index (χ1) is 13.0. The van der Waals surface area contributed by atoms with Crippen LogP contribution in [0.15, 0.2) is 27.2 Å². The van der Waals surface area contributed by atoms with Gasteiger partial charge in [0.1, 0.15) is 6.07 Å². The van der Waals surface area contributed by atoms with Crippen LogP contribution >= 0.6 is 0 Å². The number of urea groups is 1. The molecule has 0 bridgehead atoms. The van der Waals surface area contributed by atoms with Gasteiger partial charge in [-0.2, -0.15) is 10.2 Å². The van der Waals surface area contributed by atoms with Gasteiger partial charge in [0, 0.05) is 33.2 Å². The molecule has 3 heterocycles. The van der Waals surface area contributed by atoms with Gasteiger partial charge in [0.15, 0.2) is 5.76 Å². The van der Waals surface area contributed by atoms with Crippen molar-refractivity contribution in [2.45, 2.75) is 13.0 Å². The number of nitriles is 1. The zero-order valence-electron chi connectivity index (χ0n) is 15.1. The average molecular weight is 372 g/mol. The van der Waals surface area contributed by atoms with E-state index in [0.717, 1.165) is 0 Å². The predicted molar refractivity (Wildman–Crippen MR) is 94.8 cm³/mol. The van der Waals surface area contributed by atoms with Crippen LogP contribution in [0, 0.1) is 11.3 Å². The van der Waals surface area contributed by atoms with Crippen LogP contribution in [-0.4, -0.2) is 61.1 Å². The molecule has 0 unspecified atom stereocenters. The smallest absolute Gasteiger partial charge is 0.321 e. The maximum absolute atomic E-state index is 12.1. The molecule has 142 valence electrons. The van der Waals surface area contributed by atoms with E-state index in [1.165, 1.54) is 13.3 Å². The standard InChI is InChI=1S/C17H20N6O4/c1-11(14(24)21-17(25)19-2)22-5-7-23(8-6-22)16-12(10-18)20-15(27-16)13-4-3-9-26-13/h3-4,9,11H,5-8H2,1-2H3,(H2,19,21,24,25)/t11-/m1/s1. The van der Waals surface area contributed by atoms with Gasteiger partial charge < -0.3 is 19.1 Å². The molecule has 0 saturated carbocycles. The zero-order valence-corrected chi connectivity index (χ0v) is 15.1. The lowest BCUT2D eigenvalue weighted by molar-refractivity contribution is -0.124. The van der Waals surface area contributed by atoms with Crippen molar-refractivity contribution < 1.29 is 18.4 Å². The number of hydrogen-bond donors (Lipinski definition) is 2. The third-order valence-corrected chi connectivity index (χ3v) is 4.44. The summed E-state index contributed by atoms with van der Waals surface area (Å²) in [4.78, 5) is 31.4. The fourth-order valence-corrected chi connectivity index (χ4v) is 2.86. The van der Waals surface area contributed by atoms with Crippen molar-refractivity contribution in [2.24, 2.45) is 0 Å². The summed E-state index contributed by atoms with van der Waals surface area (Å²) in [7, 11) is 1.45. The normalized spacial score (nSPS) is 15.8. The van der Waals surface area contributed by atoms with Crippen LogP contribution in [0.2, 0.25) is 0 Å². The van der Waals surface area contributed by atoms with E-state index in [1.807, 2.05) is 15.9 Å². The van der Waals surface area contributed by atoms with Crippen LogP contribution in [-0.2, 0) is 4.79 Å². The molecule has 2 aromatic heterocycles. The summed E-state index contributed by atoms with van der Waals surface area (Å²) in [5.41, 5.74) is 0.195. The fourth-order valence-electron chi connectivity index (χ4n) is 2.86. The third-order valence-electron chi connectivity index (χ3n) is 4.44. The zero-order chi connectivity index (χ0) is 19.4. The van der Waals surface area contributed by atoms with Crippen LogP contribution < -0.4 is 15.5 Å². The van der Waals surface area contributed by atoms with Crippen molar-refractivity contribution >= 4 is 17.8 Å². The summed E-state index contributed by atoms with van der Waals surface area (Å²) >= 11 is 0. The molecule has 27 heavy (non-hydrogen) atoms. The van der Waals surface area contributed by atoms with Gasteiger partial charge in [-0.3, -0.25) is 15.0 Å². The van der Waals surface area contributed by atoms with Crippen LogP contribution in [0.25, 0.3) is 11.7 Å². The fraction of sp³-hybridized carbons (Fsp3) is 0.412. The SMILES string of the molecule is CNC(=O)NC(=O)[C@@H](C)N1CCN(c2oc(-c3ccco3)nc2C#N)CC1. The Labute approximate surface area is 155 Å². The Morgan fingerprint density at radius 1 is 1.33 bits per heavy atom. The average Bonchev–Trinajstić information content (AvgIpc) is 3.36. The number of aromatic nitrogens is 1. The van der Waals surface area contributed by atoms with Crippen molar-refractivity contribution in [1.29, 1.82) is 5.26 Å². The summed E-state index contributed by atoms with van der Waals surface area (Å²) in [6, 6.07) is 4.49. The van der Waals surface area contributed by atoms with Crippen molar-refractivity contribution in [1.82, 2.24) is 20.5 Å². The topological polar surface area (TPSA) is 128 Å². The molecule has 0 spiro atoms. The minimum Gasteiger partial charge on any atom is -0.459 e. The minimum atomic E-state index is -0.531. The Balaban J connectivity index is 1.65. The van der Waals surface area contributed by atoms with Crippen molar-refractivity contribution in [3.05, 3.63) is 24.1 Å². The van der Waals surface area contributed by atoms with Crippen LogP contribution in [0.3, 0.4) is 0 Å². The largest absolute Gasteiger partial charge is 0.459 e. The van der Waals surface area contributed by atoms with Crippen molar-refractivity contribution in [3.63, 3.8) is 0 Å². The number of furan rings is 1. The second-order valence-electron chi connectivity index (χ2n) is 6.03. The molecule has 2 aromatic rings. The first-order valence-corrected chi connectivity index (χ1v) is 8.50. The summed E-state index contributed by atoms with van der Waals surface area (Å²) < 4.78 is 11.0. The van der Waals surface area contributed by atoms with Gasteiger partial charge in [-0.1, -0.05) is 0 Å². The predicted octanol–water partition coefficient (Wildman–Crippen LogP) is 0.772. The van der Waals surface area contributed by atoms with E-state index in [-0.39, 0.29) is 17.5 Å². The van der Waals surface area contributed by atoms with E-state index in [2.05, 4.69) is 15.6 Å². The monoisotopic (exact) mass is 372 g/mol. The Kier molecular flexibility index (Phi) is 5.42. The maximum Gasteiger partial charge on any atom is 0.321 e. The van der Waals surface area contributed by atoms with Crippen LogP contribution in [0.4, 0.5) is 10.7 Å². The summed E-state index contributed by atoms with van der Waals surface area (Å²) in [6.45, 7) is 4.00. The number of nitrogens with one attached hydrogen (secondary N) is 2. The minimum absolute atomic E-state index is 0.195. The molecule has 0 aliphatic carbocycles. The number of anilines is 1. The molecule has 1 aliphatic heterocycles. The second-order valence-corrected chi connectivity index (χ2v) is 6.03. The highest BCUT2D eigenvalue weighted by Crippen LogP contribution is 2.29.